The molecule has 1 aromatic rings. The van der Waals surface area contributed by atoms with Crippen LogP contribution in [0.1, 0.15) is 18.4 Å². The van der Waals surface area contributed by atoms with Crippen molar-refractivity contribution in [2.24, 2.45) is 0 Å². The average molecular weight is 234 g/mol. The first kappa shape index (κ1) is 11.9. The van der Waals surface area contributed by atoms with Crippen LogP contribution in [0.15, 0.2) is 24.3 Å². The van der Waals surface area contributed by atoms with Crippen molar-refractivity contribution in [3.05, 3.63) is 29.8 Å². The molecule has 2 rings (SSSR count). The van der Waals surface area contributed by atoms with Gasteiger partial charge in [0.15, 0.2) is 0 Å². The van der Waals surface area contributed by atoms with Gasteiger partial charge in [-0.25, -0.2) is 0 Å². The Hall–Kier alpha value is -1.55. The number of ether oxygens (including phenoxy) is 1. The molecule has 0 bridgehead atoms. The van der Waals surface area contributed by atoms with Crippen LogP contribution >= 0.6 is 0 Å². The van der Waals surface area contributed by atoms with Gasteiger partial charge in [-0.05, 0) is 24.5 Å². The predicted molar refractivity (Wildman–Crippen MR) is 66.5 cm³/mol. The lowest BCUT2D eigenvalue weighted by atomic mass is 9.89. The summed E-state index contributed by atoms with van der Waals surface area (Å²) in [6.45, 7) is 0. The van der Waals surface area contributed by atoms with E-state index in [1.807, 2.05) is 24.3 Å². The van der Waals surface area contributed by atoms with Crippen LogP contribution in [0.2, 0.25) is 0 Å². The molecule has 0 unspecified atom stereocenters. The number of nitrogens with two attached hydrogens (primary N) is 1. The smallest absolute Gasteiger partial charge is 0.224 e. The highest BCUT2D eigenvalue weighted by atomic mass is 16.5. The zero-order chi connectivity index (χ0) is 12.3. The minimum atomic E-state index is 0.0300. The van der Waals surface area contributed by atoms with E-state index < -0.39 is 0 Å². The van der Waals surface area contributed by atoms with E-state index in [1.54, 1.807) is 7.11 Å². The van der Waals surface area contributed by atoms with Crippen molar-refractivity contribution in [3.8, 4) is 0 Å². The van der Waals surface area contributed by atoms with E-state index in [1.165, 1.54) is 0 Å². The number of methoxy groups -OCH3 is 1. The van der Waals surface area contributed by atoms with Gasteiger partial charge in [-0.2, -0.15) is 0 Å². The Morgan fingerprint density at radius 1 is 1.47 bits per heavy atom. The number of carbonyl (C=O) groups is 1. The maximum atomic E-state index is 11.8. The SMILES string of the molecule is COC1CC(NC(=O)Cc2ccccc2N)C1. The van der Waals surface area contributed by atoms with Gasteiger partial charge in [0.05, 0.1) is 12.5 Å². The summed E-state index contributed by atoms with van der Waals surface area (Å²) in [5.74, 6) is 0.0300. The fourth-order valence-electron chi connectivity index (χ4n) is 2.02. The Balaban J connectivity index is 1.80. The van der Waals surface area contributed by atoms with Crippen molar-refractivity contribution in [2.75, 3.05) is 12.8 Å². The first-order chi connectivity index (χ1) is 8.19. The zero-order valence-electron chi connectivity index (χ0n) is 9.98. The van der Waals surface area contributed by atoms with Crippen LogP contribution in [0.5, 0.6) is 0 Å². The molecule has 1 aromatic carbocycles. The van der Waals surface area contributed by atoms with Crippen molar-refractivity contribution < 1.29 is 9.53 Å². The fraction of sp³-hybridized carbons (Fsp3) is 0.462. The van der Waals surface area contributed by atoms with Crippen LogP contribution in [-0.4, -0.2) is 25.2 Å². The third-order valence-corrected chi connectivity index (χ3v) is 3.20. The van der Waals surface area contributed by atoms with Crippen molar-refractivity contribution in [3.63, 3.8) is 0 Å². The number of nitrogens with one attached hydrogen (secondary N) is 1. The normalized spacial score (nSPS) is 22.9. The average Bonchev–Trinajstić information content (AvgIpc) is 2.26. The van der Waals surface area contributed by atoms with Gasteiger partial charge in [-0.1, -0.05) is 18.2 Å². The van der Waals surface area contributed by atoms with Gasteiger partial charge in [-0.15, -0.1) is 0 Å². The molecule has 1 aliphatic rings. The summed E-state index contributed by atoms with van der Waals surface area (Å²) >= 11 is 0. The number of carbonyl (C=O) groups excluding carboxylic acids is 1. The lowest BCUT2D eigenvalue weighted by Crippen LogP contribution is -2.47. The Bertz CT molecular complexity index is 400. The van der Waals surface area contributed by atoms with Crippen LogP contribution in [0.25, 0.3) is 0 Å². The number of amides is 1. The molecule has 0 atom stereocenters. The second kappa shape index (κ2) is 5.19. The van der Waals surface area contributed by atoms with Crippen molar-refractivity contribution in [1.29, 1.82) is 0 Å². The number of para-hydroxylation sites is 1. The number of hydrogen-bond donors (Lipinski definition) is 2. The van der Waals surface area contributed by atoms with Gasteiger partial charge in [0, 0.05) is 18.8 Å². The molecule has 0 saturated heterocycles. The van der Waals surface area contributed by atoms with Gasteiger partial charge in [-0.3, -0.25) is 4.79 Å². The molecule has 1 saturated carbocycles. The molecule has 0 spiro atoms. The molecular formula is C13H18N2O2. The van der Waals surface area contributed by atoms with Crippen molar-refractivity contribution >= 4 is 11.6 Å². The summed E-state index contributed by atoms with van der Waals surface area (Å²) in [7, 11) is 1.70. The molecule has 0 aromatic heterocycles. The molecule has 4 heteroatoms. The third-order valence-electron chi connectivity index (χ3n) is 3.20. The lowest BCUT2D eigenvalue weighted by molar-refractivity contribution is -0.122. The number of nitrogen functional groups attached to an aromatic ring is 1. The largest absolute Gasteiger partial charge is 0.398 e. The first-order valence-corrected chi connectivity index (χ1v) is 5.84. The predicted octanol–water partition coefficient (Wildman–Crippen LogP) is 1.10. The maximum absolute atomic E-state index is 11.8. The van der Waals surface area contributed by atoms with E-state index in [9.17, 15) is 4.79 Å². The highest BCUT2D eigenvalue weighted by Crippen LogP contribution is 2.22. The molecule has 92 valence electrons. The Morgan fingerprint density at radius 3 is 2.82 bits per heavy atom. The number of anilines is 1. The first-order valence-electron chi connectivity index (χ1n) is 5.84. The molecule has 1 aliphatic carbocycles. The van der Waals surface area contributed by atoms with Crippen LogP contribution < -0.4 is 11.1 Å². The van der Waals surface area contributed by atoms with Crippen LogP contribution in [0, 0.1) is 0 Å². The number of rotatable bonds is 4. The van der Waals surface area contributed by atoms with Crippen LogP contribution in [-0.2, 0) is 16.0 Å². The Kier molecular flexibility index (Phi) is 3.64. The van der Waals surface area contributed by atoms with E-state index >= 15 is 0 Å². The summed E-state index contributed by atoms with van der Waals surface area (Å²) in [6, 6.07) is 7.72. The number of hydrogen-bond acceptors (Lipinski definition) is 3. The maximum Gasteiger partial charge on any atom is 0.224 e. The molecule has 4 nitrogen and oxygen atoms in total. The quantitative estimate of drug-likeness (QED) is 0.767. The van der Waals surface area contributed by atoms with Crippen LogP contribution in [0.3, 0.4) is 0 Å². The summed E-state index contributed by atoms with van der Waals surface area (Å²) in [6.07, 6.45) is 2.47. The molecular weight excluding hydrogens is 216 g/mol. The monoisotopic (exact) mass is 234 g/mol. The van der Waals surface area contributed by atoms with Gasteiger partial charge >= 0.3 is 0 Å². The zero-order valence-corrected chi connectivity index (χ0v) is 9.98. The molecule has 0 aliphatic heterocycles. The molecule has 3 N–H and O–H groups in total. The summed E-state index contributed by atoms with van der Waals surface area (Å²) < 4.78 is 5.16. The minimum absolute atomic E-state index is 0.0300. The summed E-state index contributed by atoms with van der Waals surface area (Å²) in [4.78, 5) is 11.8. The molecule has 1 amide bonds. The van der Waals surface area contributed by atoms with E-state index in [4.69, 9.17) is 10.5 Å². The molecule has 1 fully saturated rings. The van der Waals surface area contributed by atoms with Gasteiger partial charge in [0.1, 0.15) is 0 Å². The Labute approximate surface area is 101 Å². The molecule has 0 heterocycles. The van der Waals surface area contributed by atoms with E-state index in [-0.39, 0.29) is 11.9 Å². The minimum Gasteiger partial charge on any atom is -0.398 e. The summed E-state index contributed by atoms with van der Waals surface area (Å²) in [5.41, 5.74) is 7.34. The fourth-order valence-corrected chi connectivity index (χ4v) is 2.02. The standard InChI is InChI=1S/C13H18N2O2/c1-17-11-7-10(8-11)15-13(16)6-9-4-2-3-5-12(9)14/h2-5,10-11H,6-8,14H2,1H3,(H,15,16). The highest BCUT2D eigenvalue weighted by molar-refractivity contribution is 5.80. The van der Waals surface area contributed by atoms with E-state index in [0.29, 0.717) is 18.2 Å². The lowest BCUT2D eigenvalue weighted by Gasteiger charge is -2.34. The third kappa shape index (κ3) is 2.97. The van der Waals surface area contributed by atoms with Crippen molar-refractivity contribution in [2.45, 2.75) is 31.4 Å². The van der Waals surface area contributed by atoms with Crippen LogP contribution in [0.4, 0.5) is 5.69 Å². The van der Waals surface area contributed by atoms with Crippen molar-refractivity contribution in [1.82, 2.24) is 5.32 Å². The van der Waals surface area contributed by atoms with E-state index in [0.717, 1.165) is 18.4 Å². The van der Waals surface area contributed by atoms with Gasteiger partial charge in [0.25, 0.3) is 0 Å². The topological polar surface area (TPSA) is 64.3 Å². The summed E-state index contributed by atoms with van der Waals surface area (Å²) in [5, 5.41) is 2.98. The van der Waals surface area contributed by atoms with Gasteiger partial charge < -0.3 is 15.8 Å². The molecule has 17 heavy (non-hydrogen) atoms. The number of benzene rings is 1. The second-order valence-electron chi connectivity index (χ2n) is 4.47. The second-order valence-corrected chi connectivity index (χ2v) is 4.47. The van der Waals surface area contributed by atoms with E-state index in [2.05, 4.69) is 5.32 Å². The molecule has 0 radical (unpaired) electrons. The Morgan fingerprint density at radius 2 is 2.18 bits per heavy atom. The van der Waals surface area contributed by atoms with Gasteiger partial charge in [0.2, 0.25) is 5.91 Å². The highest BCUT2D eigenvalue weighted by Gasteiger charge is 2.29.